The van der Waals surface area contributed by atoms with Gasteiger partial charge in [-0.3, -0.25) is 0 Å². The van der Waals surface area contributed by atoms with Crippen LogP contribution in [0.4, 0.5) is 17.6 Å². The zero-order valence-corrected chi connectivity index (χ0v) is 7.94. The fraction of sp³-hybridized carbons (Fsp3) is 0.400. The van der Waals surface area contributed by atoms with Crippen molar-refractivity contribution in [1.82, 2.24) is 5.32 Å². The van der Waals surface area contributed by atoms with E-state index in [1.54, 1.807) is 0 Å². The molecule has 0 heterocycles. The Bertz CT molecular complexity index is 314. The Morgan fingerprint density at radius 2 is 1.93 bits per heavy atom. The number of halogens is 4. The lowest BCUT2D eigenvalue weighted by molar-refractivity contribution is 0.146. The fourth-order valence-corrected chi connectivity index (χ4v) is 1.16. The summed E-state index contributed by atoms with van der Waals surface area (Å²) in [6.07, 6.45) is -2.15. The molecule has 0 bridgehead atoms. The zero-order valence-electron chi connectivity index (χ0n) is 7.94. The Labute approximate surface area is 85.1 Å². The minimum Gasteiger partial charge on any atom is -0.311 e. The van der Waals surface area contributed by atoms with Crippen molar-refractivity contribution in [3.8, 4) is 0 Å². The van der Waals surface area contributed by atoms with Crippen LogP contribution in [-0.2, 0) is 6.42 Å². The van der Waals surface area contributed by atoms with E-state index in [0.717, 1.165) is 12.1 Å². The molecule has 0 unspecified atom stereocenters. The summed E-state index contributed by atoms with van der Waals surface area (Å²) in [5.74, 6) is -1.29. The summed E-state index contributed by atoms with van der Waals surface area (Å²) in [6.45, 7) is -0.171. The molecule has 1 N–H and O–H groups in total. The summed E-state index contributed by atoms with van der Waals surface area (Å²) in [5, 5.41) is 2.46. The third-order valence-electron chi connectivity index (χ3n) is 1.88. The average molecular weight is 221 g/mol. The number of benzene rings is 1. The first-order valence-electron chi connectivity index (χ1n) is 4.52. The molecule has 15 heavy (non-hydrogen) atoms. The average Bonchev–Trinajstić information content (AvgIpc) is 2.14. The van der Waals surface area contributed by atoms with Gasteiger partial charge in [-0.1, -0.05) is 6.07 Å². The molecule has 1 aromatic carbocycles. The van der Waals surface area contributed by atoms with Crippen LogP contribution in [0.5, 0.6) is 0 Å². The van der Waals surface area contributed by atoms with Gasteiger partial charge in [0.05, 0.1) is 6.54 Å². The normalized spacial score (nSPS) is 11.0. The Morgan fingerprint density at radius 3 is 2.53 bits per heavy atom. The van der Waals surface area contributed by atoms with Crippen molar-refractivity contribution < 1.29 is 17.6 Å². The number of hydrogen-bond acceptors (Lipinski definition) is 1. The van der Waals surface area contributed by atoms with Crippen LogP contribution in [0.25, 0.3) is 0 Å². The second-order valence-electron chi connectivity index (χ2n) is 3.08. The summed E-state index contributed by atoms with van der Waals surface area (Å²) in [7, 11) is 0. The maximum absolute atomic E-state index is 13.0. The molecule has 0 aliphatic heterocycles. The molecule has 0 aliphatic carbocycles. The summed E-state index contributed by atoms with van der Waals surface area (Å²) in [6, 6.07) is 3.24. The van der Waals surface area contributed by atoms with E-state index in [9.17, 15) is 17.6 Å². The minimum absolute atomic E-state index is 0.243. The Morgan fingerprint density at radius 1 is 1.20 bits per heavy atom. The maximum atomic E-state index is 13.0. The smallest absolute Gasteiger partial charge is 0.250 e. The van der Waals surface area contributed by atoms with E-state index in [2.05, 4.69) is 5.32 Å². The highest BCUT2D eigenvalue weighted by Crippen LogP contribution is 2.09. The van der Waals surface area contributed by atoms with Crippen LogP contribution in [0.3, 0.4) is 0 Å². The molecule has 0 fully saturated rings. The zero-order chi connectivity index (χ0) is 11.3. The number of alkyl halides is 2. The molecule has 0 amide bonds. The molecule has 1 nitrogen and oxygen atoms in total. The van der Waals surface area contributed by atoms with Crippen molar-refractivity contribution in [1.29, 1.82) is 0 Å². The van der Waals surface area contributed by atoms with Gasteiger partial charge < -0.3 is 5.32 Å². The van der Waals surface area contributed by atoms with Gasteiger partial charge in [0.1, 0.15) is 11.6 Å². The molecule has 0 spiro atoms. The van der Waals surface area contributed by atoms with Crippen LogP contribution >= 0.6 is 0 Å². The summed E-state index contributed by atoms with van der Waals surface area (Å²) in [5.41, 5.74) is 0.318. The molecule has 84 valence electrons. The quantitative estimate of drug-likeness (QED) is 0.594. The lowest BCUT2D eigenvalue weighted by Gasteiger charge is -2.05. The number of nitrogens with one attached hydrogen (secondary N) is 1. The van der Waals surface area contributed by atoms with Crippen molar-refractivity contribution in [2.75, 3.05) is 13.1 Å². The molecule has 0 aromatic heterocycles. The van der Waals surface area contributed by atoms with Gasteiger partial charge in [0.15, 0.2) is 0 Å². The van der Waals surface area contributed by atoms with Crippen molar-refractivity contribution in [3.63, 3.8) is 0 Å². The first-order valence-corrected chi connectivity index (χ1v) is 4.52. The van der Waals surface area contributed by atoms with Gasteiger partial charge in [-0.05, 0) is 24.6 Å². The van der Waals surface area contributed by atoms with Crippen molar-refractivity contribution in [3.05, 3.63) is 35.4 Å². The Hall–Kier alpha value is -1.10. The largest absolute Gasteiger partial charge is 0.311 e. The van der Waals surface area contributed by atoms with E-state index in [1.807, 2.05) is 0 Å². The van der Waals surface area contributed by atoms with Gasteiger partial charge in [-0.2, -0.15) is 0 Å². The summed E-state index contributed by atoms with van der Waals surface area (Å²) >= 11 is 0. The molecule has 0 atom stereocenters. The van der Waals surface area contributed by atoms with Crippen molar-refractivity contribution in [2.45, 2.75) is 12.8 Å². The van der Waals surface area contributed by atoms with Crippen molar-refractivity contribution in [2.24, 2.45) is 0 Å². The lowest BCUT2D eigenvalue weighted by atomic mass is 10.1. The molecule has 0 aliphatic rings. The van der Waals surface area contributed by atoms with Gasteiger partial charge in [-0.15, -0.1) is 0 Å². The molecule has 5 heteroatoms. The van der Waals surface area contributed by atoms with Crippen LogP contribution in [-0.4, -0.2) is 19.5 Å². The second-order valence-corrected chi connectivity index (χ2v) is 3.08. The lowest BCUT2D eigenvalue weighted by Crippen LogP contribution is -2.23. The molecular weight excluding hydrogens is 210 g/mol. The molecule has 0 saturated carbocycles. The highest BCUT2D eigenvalue weighted by Gasteiger charge is 2.04. The van der Waals surface area contributed by atoms with E-state index in [1.165, 1.54) is 6.07 Å². The second kappa shape index (κ2) is 5.70. The SMILES string of the molecule is Fc1ccc(CCNCC(F)F)c(F)c1. The van der Waals surface area contributed by atoms with Crippen LogP contribution in [0.15, 0.2) is 18.2 Å². The topological polar surface area (TPSA) is 12.0 Å². The van der Waals surface area contributed by atoms with Crippen LogP contribution < -0.4 is 5.32 Å². The molecule has 1 aromatic rings. The number of rotatable bonds is 5. The Balaban J connectivity index is 2.37. The van der Waals surface area contributed by atoms with E-state index in [0.29, 0.717) is 5.56 Å². The van der Waals surface area contributed by atoms with Crippen LogP contribution in [0.2, 0.25) is 0 Å². The molecule has 0 radical (unpaired) electrons. The third-order valence-corrected chi connectivity index (χ3v) is 1.88. The predicted octanol–water partition coefficient (Wildman–Crippen LogP) is 2.36. The Kier molecular flexibility index (Phi) is 4.55. The van der Waals surface area contributed by atoms with Gasteiger partial charge >= 0.3 is 0 Å². The highest BCUT2D eigenvalue weighted by molar-refractivity contribution is 5.18. The minimum atomic E-state index is -2.41. The van der Waals surface area contributed by atoms with Crippen LogP contribution in [0, 0.1) is 11.6 Å². The first-order chi connectivity index (χ1) is 7.09. The van der Waals surface area contributed by atoms with Crippen LogP contribution in [0.1, 0.15) is 5.56 Å². The predicted molar refractivity (Wildman–Crippen MR) is 48.9 cm³/mol. The maximum Gasteiger partial charge on any atom is 0.250 e. The van der Waals surface area contributed by atoms with Gasteiger partial charge in [0.2, 0.25) is 0 Å². The van der Waals surface area contributed by atoms with Gasteiger partial charge in [0.25, 0.3) is 6.43 Å². The van der Waals surface area contributed by atoms with Gasteiger partial charge in [0, 0.05) is 6.07 Å². The summed E-state index contributed by atoms with van der Waals surface area (Å²) in [4.78, 5) is 0. The first kappa shape index (κ1) is 12.0. The van der Waals surface area contributed by atoms with E-state index in [-0.39, 0.29) is 13.0 Å². The van der Waals surface area contributed by atoms with Gasteiger partial charge in [-0.25, -0.2) is 17.6 Å². The third kappa shape index (κ3) is 4.29. The molecule has 0 saturated heterocycles. The molecular formula is C10H11F4N. The van der Waals surface area contributed by atoms with E-state index >= 15 is 0 Å². The highest BCUT2D eigenvalue weighted by atomic mass is 19.3. The van der Waals surface area contributed by atoms with Crippen molar-refractivity contribution >= 4 is 0 Å². The standard InChI is InChI=1S/C10H11F4N/c11-8-2-1-7(9(12)5-8)3-4-15-6-10(13)14/h1-2,5,10,15H,3-4,6H2. The molecule has 1 rings (SSSR count). The van der Waals surface area contributed by atoms with E-state index < -0.39 is 24.6 Å². The summed E-state index contributed by atoms with van der Waals surface area (Å²) < 4.78 is 48.9. The number of hydrogen-bond donors (Lipinski definition) is 1. The fourth-order valence-electron chi connectivity index (χ4n) is 1.16. The monoisotopic (exact) mass is 221 g/mol. The van der Waals surface area contributed by atoms with E-state index in [4.69, 9.17) is 0 Å².